The Morgan fingerprint density at radius 2 is 1.95 bits per heavy atom. The lowest BCUT2D eigenvalue weighted by atomic mass is 10.2. The van der Waals surface area contributed by atoms with E-state index in [0.717, 1.165) is 37.7 Å². The molecule has 0 amide bonds. The Morgan fingerprint density at radius 1 is 1.19 bits per heavy atom. The minimum absolute atomic E-state index is 0.835. The fourth-order valence-electron chi connectivity index (χ4n) is 2.01. The fraction of sp³-hybridized carbons (Fsp3) is 0.375. The number of aryl methyl sites for hydroxylation is 1. The van der Waals surface area contributed by atoms with Gasteiger partial charge < -0.3 is 15.2 Å². The molecule has 0 aliphatic heterocycles. The van der Waals surface area contributed by atoms with Gasteiger partial charge in [0, 0.05) is 51.0 Å². The van der Waals surface area contributed by atoms with Gasteiger partial charge in [-0.2, -0.15) is 0 Å². The van der Waals surface area contributed by atoms with Crippen LogP contribution < -0.4 is 10.6 Å². The van der Waals surface area contributed by atoms with Crippen molar-refractivity contribution in [3.05, 3.63) is 54.1 Å². The van der Waals surface area contributed by atoms with Gasteiger partial charge in [-0.1, -0.05) is 6.07 Å². The average molecular weight is 285 g/mol. The monoisotopic (exact) mass is 285 g/mol. The first kappa shape index (κ1) is 15.1. The van der Waals surface area contributed by atoms with Gasteiger partial charge in [0.25, 0.3) is 0 Å². The predicted octanol–water partition coefficient (Wildman–Crippen LogP) is 1.60. The molecule has 0 aromatic carbocycles. The lowest BCUT2D eigenvalue weighted by Gasteiger charge is -2.12. The Kier molecular flexibility index (Phi) is 5.82. The van der Waals surface area contributed by atoms with Crippen molar-refractivity contribution in [1.82, 2.24) is 20.2 Å². The smallest absolute Gasteiger partial charge is 0.191 e. The molecule has 0 aliphatic carbocycles. The minimum atomic E-state index is 0.835. The molecule has 2 aromatic rings. The normalized spacial score (nSPS) is 11.4. The summed E-state index contributed by atoms with van der Waals surface area (Å²) in [6, 6.07) is 8.22. The molecule has 2 N–H and O–H groups in total. The molecule has 5 nitrogen and oxygen atoms in total. The summed E-state index contributed by atoms with van der Waals surface area (Å²) in [5.74, 6) is 0.835. The Hall–Kier alpha value is -2.30. The minimum Gasteiger partial charge on any atom is -0.356 e. The highest BCUT2D eigenvalue weighted by Gasteiger charge is 1.98. The maximum atomic E-state index is 4.30. The molecule has 2 rings (SSSR count). The van der Waals surface area contributed by atoms with Gasteiger partial charge >= 0.3 is 0 Å². The van der Waals surface area contributed by atoms with Crippen LogP contribution in [-0.2, 0) is 13.0 Å². The third kappa shape index (κ3) is 5.30. The quantitative estimate of drug-likeness (QED) is 0.626. The van der Waals surface area contributed by atoms with Crippen molar-refractivity contribution in [1.29, 1.82) is 0 Å². The second-order valence-electron chi connectivity index (χ2n) is 4.90. The standard InChI is InChI=1S/C16H23N5/c1-14-5-6-15(13-20-14)7-8-18-16(17-2)19-9-12-21-10-3-4-11-21/h3-6,10-11,13H,7-9,12H2,1-2H3,(H2,17,18,19). The lowest BCUT2D eigenvalue weighted by molar-refractivity contribution is 0.665. The highest BCUT2D eigenvalue weighted by atomic mass is 15.2. The number of nitrogens with one attached hydrogen (secondary N) is 2. The molecule has 0 bridgehead atoms. The SMILES string of the molecule is CN=C(NCCc1ccc(C)nc1)NCCn1cccc1. The zero-order chi connectivity index (χ0) is 14.9. The van der Waals surface area contributed by atoms with Gasteiger partial charge in [0.2, 0.25) is 0 Å². The molecule has 2 aromatic heterocycles. The first-order valence-corrected chi connectivity index (χ1v) is 7.25. The van der Waals surface area contributed by atoms with Gasteiger partial charge in [-0.3, -0.25) is 9.98 Å². The molecule has 0 unspecified atom stereocenters. The topological polar surface area (TPSA) is 54.2 Å². The van der Waals surface area contributed by atoms with Crippen LogP contribution in [0, 0.1) is 6.92 Å². The first-order valence-electron chi connectivity index (χ1n) is 7.25. The van der Waals surface area contributed by atoms with Gasteiger partial charge in [0.05, 0.1) is 0 Å². The summed E-state index contributed by atoms with van der Waals surface area (Å²) in [7, 11) is 1.79. The second-order valence-corrected chi connectivity index (χ2v) is 4.90. The number of aromatic nitrogens is 2. The van der Waals surface area contributed by atoms with Crippen molar-refractivity contribution in [2.75, 3.05) is 20.1 Å². The number of hydrogen-bond donors (Lipinski definition) is 2. The molecular formula is C16H23N5. The van der Waals surface area contributed by atoms with Crippen LogP contribution in [0.5, 0.6) is 0 Å². The van der Waals surface area contributed by atoms with Crippen LogP contribution in [0.1, 0.15) is 11.3 Å². The molecule has 112 valence electrons. The Morgan fingerprint density at radius 3 is 2.62 bits per heavy atom. The molecule has 0 aliphatic rings. The van der Waals surface area contributed by atoms with Crippen LogP contribution in [0.4, 0.5) is 0 Å². The van der Waals surface area contributed by atoms with E-state index < -0.39 is 0 Å². The van der Waals surface area contributed by atoms with E-state index in [4.69, 9.17) is 0 Å². The van der Waals surface area contributed by atoms with Crippen LogP contribution in [-0.4, -0.2) is 35.6 Å². The molecule has 0 radical (unpaired) electrons. The van der Waals surface area contributed by atoms with Crippen molar-refractivity contribution in [2.24, 2.45) is 4.99 Å². The maximum absolute atomic E-state index is 4.30. The van der Waals surface area contributed by atoms with E-state index in [9.17, 15) is 0 Å². The summed E-state index contributed by atoms with van der Waals surface area (Å²) >= 11 is 0. The van der Waals surface area contributed by atoms with E-state index in [0.29, 0.717) is 0 Å². The first-order chi connectivity index (χ1) is 10.3. The van der Waals surface area contributed by atoms with E-state index in [1.54, 1.807) is 7.05 Å². The molecular weight excluding hydrogens is 262 g/mol. The van der Waals surface area contributed by atoms with Crippen LogP contribution in [0.25, 0.3) is 0 Å². The summed E-state index contributed by atoms with van der Waals surface area (Å²) in [6.07, 6.45) is 6.98. The van der Waals surface area contributed by atoms with Crippen molar-refractivity contribution < 1.29 is 0 Å². The van der Waals surface area contributed by atoms with Crippen LogP contribution in [0.3, 0.4) is 0 Å². The van der Waals surface area contributed by atoms with Crippen LogP contribution in [0.2, 0.25) is 0 Å². The lowest BCUT2D eigenvalue weighted by Crippen LogP contribution is -2.39. The number of aliphatic imine (C=N–C) groups is 1. The molecule has 2 heterocycles. The number of nitrogens with zero attached hydrogens (tertiary/aromatic N) is 3. The van der Waals surface area contributed by atoms with Crippen molar-refractivity contribution in [3.63, 3.8) is 0 Å². The maximum Gasteiger partial charge on any atom is 0.191 e. The Labute approximate surface area is 126 Å². The van der Waals surface area contributed by atoms with Crippen molar-refractivity contribution in [2.45, 2.75) is 19.9 Å². The largest absolute Gasteiger partial charge is 0.356 e. The number of pyridine rings is 1. The third-order valence-electron chi connectivity index (χ3n) is 3.23. The van der Waals surface area contributed by atoms with E-state index in [-0.39, 0.29) is 0 Å². The number of guanidine groups is 1. The van der Waals surface area contributed by atoms with Crippen molar-refractivity contribution in [3.8, 4) is 0 Å². The molecule has 5 heteroatoms. The zero-order valence-electron chi connectivity index (χ0n) is 12.7. The molecule has 0 atom stereocenters. The van der Waals surface area contributed by atoms with E-state index >= 15 is 0 Å². The summed E-state index contributed by atoms with van der Waals surface area (Å²) in [5.41, 5.74) is 2.28. The van der Waals surface area contributed by atoms with Gasteiger partial charge in [-0.15, -0.1) is 0 Å². The van der Waals surface area contributed by atoms with Gasteiger partial charge in [-0.05, 0) is 37.1 Å². The summed E-state index contributed by atoms with van der Waals surface area (Å²) < 4.78 is 2.14. The van der Waals surface area contributed by atoms with E-state index in [1.807, 2.05) is 31.3 Å². The van der Waals surface area contributed by atoms with Gasteiger partial charge in [-0.25, -0.2) is 0 Å². The Balaban J connectivity index is 1.66. The molecule has 21 heavy (non-hydrogen) atoms. The Bertz CT molecular complexity index is 543. The second kappa shape index (κ2) is 8.09. The average Bonchev–Trinajstić information content (AvgIpc) is 3.01. The summed E-state index contributed by atoms with van der Waals surface area (Å²) in [6.45, 7) is 4.61. The molecule has 0 saturated carbocycles. The summed E-state index contributed by atoms with van der Waals surface area (Å²) in [5, 5.41) is 6.62. The molecule has 0 saturated heterocycles. The zero-order valence-corrected chi connectivity index (χ0v) is 12.7. The third-order valence-corrected chi connectivity index (χ3v) is 3.23. The van der Waals surface area contributed by atoms with Crippen LogP contribution in [0.15, 0.2) is 47.8 Å². The molecule has 0 fully saturated rings. The number of rotatable bonds is 6. The number of hydrogen-bond acceptors (Lipinski definition) is 2. The molecule has 0 spiro atoms. The van der Waals surface area contributed by atoms with Crippen LogP contribution >= 0.6 is 0 Å². The summed E-state index contributed by atoms with van der Waals surface area (Å²) in [4.78, 5) is 8.52. The fourth-order valence-corrected chi connectivity index (χ4v) is 2.01. The van der Waals surface area contributed by atoms with E-state index in [1.165, 1.54) is 5.56 Å². The van der Waals surface area contributed by atoms with Gasteiger partial charge in [0.15, 0.2) is 5.96 Å². The highest BCUT2D eigenvalue weighted by molar-refractivity contribution is 5.79. The van der Waals surface area contributed by atoms with Gasteiger partial charge in [0.1, 0.15) is 0 Å². The predicted molar refractivity (Wildman–Crippen MR) is 86.5 cm³/mol. The van der Waals surface area contributed by atoms with Crippen molar-refractivity contribution >= 4 is 5.96 Å². The van der Waals surface area contributed by atoms with E-state index in [2.05, 4.69) is 43.6 Å². The highest BCUT2D eigenvalue weighted by Crippen LogP contribution is 1.99.